The molecule has 0 spiro atoms. The van der Waals surface area contributed by atoms with Crippen molar-refractivity contribution in [1.82, 2.24) is 0 Å². The van der Waals surface area contributed by atoms with Crippen molar-refractivity contribution < 1.29 is 18.7 Å². The number of hydrogen-bond donors (Lipinski definition) is 1. The van der Waals surface area contributed by atoms with E-state index in [1.807, 2.05) is 37.3 Å². The van der Waals surface area contributed by atoms with Gasteiger partial charge in [-0.2, -0.15) is 0 Å². The van der Waals surface area contributed by atoms with Crippen LogP contribution in [0.1, 0.15) is 11.1 Å². The quantitative estimate of drug-likeness (QED) is 0.658. The molecule has 0 unspecified atom stereocenters. The number of carbonyl (C=O) groups excluding carboxylic acids is 1. The van der Waals surface area contributed by atoms with Gasteiger partial charge in [-0.05, 0) is 54.4 Å². The average Bonchev–Trinajstić information content (AvgIpc) is 2.69. The Morgan fingerprint density at radius 1 is 0.926 bits per heavy atom. The molecule has 1 amide bonds. The van der Waals surface area contributed by atoms with Crippen LogP contribution < -0.4 is 14.8 Å². The van der Waals surface area contributed by atoms with Gasteiger partial charge in [0.25, 0.3) is 5.91 Å². The molecule has 0 aliphatic heterocycles. The van der Waals surface area contributed by atoms with Crippen LogP contribution in [0.5, 0.6) is 11.5 Å². The highest BCUT2D eigenvalue weighted by atomic mass is 19.1. The van der Waals surface area contributed by atoms with Crippen molar-refractivity contribution in [3.05, 3.63) is 89.7 Å². The predicted molar refractivity (Wildman–Crippen MR) is 102 cm³/mol. The summed E-state index contributed by atoms with van der Waals surface area (Å²) in [6.45, 7) is 2.09. The Balaban J connectivity index is 1.48. The van der Waals surface area contributed by atoms with Crippen molar-refractivity contribution in [2.75, 3.05) is 11.9 Å². The molecule has 0 atom stereocenters. The Hall–Kier alpha value is -3.34. The second kappa shape index (κ2) is 8.85. The predicted octanol–water partition coefficient (Wildman–Crippen LogP) is 4.73. The number of rotatable bonds is 7. The molecule has 4 nitrogen and oxygen atoms in total. The van der Waals surface area contributed by atoms with Gasteiger partial charge in [0.2, 0.25) is 0 Å². The van der Waals surface area contributed by atoms with E-state index in [9.17, 15) is 9.18 Å². The van der Waals surface area contributed by atoms with Crippen molar-refractivity contribution in [2.24, 2.45) is 0 Å². The maximum Gasteiger partial charge on any atom is 0.262 e. The summed E-state index contributed by atoms with van der Waals surface area (Å²) in [5.41, 5.74) is 2.09. The standard InChI is InChI=1S/C22H20FNO3/c1-16-7-12-20(23)21(13-16)24-22(25)15-27-19-10-8-18(9-11-19)26-14-17-5-3-2-4-6-17/h2-13H,14-15H2,1H3,(H,24,25). The first-order valence-electron chi connectivity index (χ1n) is 8.56. The van der Waals surface area contributed by atoms with Crippen LogP contribution in [0.2, 0.25) is 0 Å². The molecular formula is C22H20FNO3. The molecule has 0 fully saturated rings. The lowest BCUT2D eigenvalue weighted by molar-refractivity contribution is -0.118. The van der Waals surface area contributed by atoms with Crippen molar-refractivity contribution in [2.45, 2.75) is 13.5 Å². The normalized spacial score (nSPS) is 10.3. The number of benzene rings is 3. The first-order chi connectivity index (χ1) is 13.1. The van der Waals surface area contributed by atoms with Crippen molar-refractivity contribution in [1.29, 1.82) is 0 Å². The lowest BCUT2D eigenvalue weighted by Crippen LogP contribution is -2.20. The molecule has 138 valence electrons. The molecule has 3 rings (SSSR count). The highest BCUT2D eigenvalue weighted by molar-refractivity contribution is 5.92. The van der Waals surface area contributed by atoms with E-state index in [0.29, 0.717) is 18.1 Å². The van der Waals surface area contributed by atoms with E-state index < -0.39 is 11.7 Å². The Labute approximate surface area is 157 Å². The molecule has 27 heavy (non-hydrogen) atoms. The molecule has 0 saturated carbocycles. The second-order valence-electron chi connectivity index (χ2n) is 6.07. The average molecular weight is 365 g/mol. The number of carbonyl (C=O) groups is 1. The van der Waals surface area contributed by atoms with Gasteiger partial charge < -0.3 is 14.8 Å². The lowest BCUT2D eigenvalue weighted by Gasteiger charge is -2.10. The largest absolute Gasteiger partial charge is 0.489 e. The van der Waals surface area contributed by atoms with Crippen molar-refractivity contribution in [3.63, 3.8) is 0 Å². The molecular weight excluding hydrogens is 345 g/mol. The first kappa shape index (κ1) is 18.5. The number of ether oxygens (including phenoxy) is 2. The molecule has 3 aromatic rings. The fourth-order valence-corrected chi connectivity index (χ4v) is 2.44. The second-order valence-corrected chi connectivity index (χ2v) is 6.07. The maximum absolute atomic E-state index is 13.7. The van der Waals surface area contributed by atoms with E-state index >= 15 is 0 Å². The van der Waals surface area contributed by atoms with Gasteiger partial charge in [-0.25, -0.2) is 4.39 Å². The third-order valence-electron chi connectivity index (χ3n) is 3.84. The lowest BCUT2D eigenvalue weighted by atomic mass is 10.2. The van der Waals surface area contributed by atoms with Crippen LogP contribution in [-0.4, -0.2) is 12.5 Å². The molecule has 0 aliphatic rings. The van der Waals surface area contributed by atoms with Crippen LogP contribution in [0.25, 0.3) is 0 Å². The van der Waals surface area contributed by atoms with Gasteiger partial charge in [0, 0.05) is 0 Å². The summed E-state index contributed by atoms with van der Waals surface area (Å²) in [5.74, 6) is 0.331. The molecule has 5 heteroatoms. The summed E-state index contributed by atoms with van der Waals surface area (Å²) in [6, 6.07) is 21.4. The first-order valence-corrected chi connectivity index (χ1v) is 8.56. The summed E-state index contributed by atoms with van der Waals surface area (Å²) >= 11 is 0. The molecule has 0 radical (unpaired) electrons. The molecule has 0 heterocycles. The van der Waals surface area contributed by atoms with E-state index in [2.05, 4.69) is 5.32 Å². The number of anilines is 1. The van der Waals surface area contributed by atoms with Gasteiger partial charge in [0.1, 0.15) is 23.9 Å². The molecule has 0 bridgehead atoms. The van der Waals surface area contributed by atoms with Crippen LogP contribution in [0.3, 0.4) is 0 Å². The minimum Gasteiger partial charge on any atom is -0.489 e. The third kappa shape index (κ3) is 5.57. The van der Waals surface area contributed by atoms with E-state index in [-0.39, 0.29) is 12.3 Å². The number of halogens is 1. The maximum atomic E-state index is 13.7. The third-order valence-corrected chi connectivity index (χ3v) is 3.84. The Morgan fingerprint density at radius 2 is 1.59 bits per heavy atom. The highest BCUT2D eigenvalue weighted by Gasteiger charge is 2.08. The molecule has 0 aliphatic carbocycles. The SMILES string of the molecule is Cc1ccc(F)c(NC(=O)COc2ccc(OCc3ccccc3)cc2)c1. The smallest absolute Gasteiger partial charge is 0.262 e. The summed E-state index contributed by atoms with van der Waals surface area (Å²) in [5, 5.41) is 2.51. The van der Waals surface area contributed by atoms with E-state index in [4.69, 9.17) is 9.47 Å². The Morgan fingerprint density at radius 3 is 2.30 bits per heavy atom. The van der Waals surface area contributed by atoms with E-state index in [0.717, 1.165) is 11.1 Å². The Bertz CT molecular complexity index is 895. The summed E-state index contributed by atoms with van der Waals surface area (Å²) in [4.78, 5) is 11.9. The van der Waals surface area contributed by atoms with Gasteiger partial charge in [-0.3, -0.25) is 4.79 Å². The van der Waals surface area contributed by atoms with Crippen LogP contribution in [-0.2, 0) is 11.4 Å². The zero-order valence-electron chi connectivity index (χ0n) is 14.9. The van der Waals surface area contributed by atoms with E-state index in [1.54, 1.807) is 36.4 Å². The monoisotopic (exact) mass is 365 g/mol. The zero-order chi connectivity index (χ0) is 19.1. The van der Waals surface area contributed by atoms with Gasteiger partial charge in [-0.1, -0.05) is 36.4 Å². The molecule has 0 aromatic heterocycles. The summed E-state index contributed by atoms with van der Waals surface area (Å²) < 4.78 is 24.8. The fourth-order valence-electron chi connectivity index (χ4n) is 2.44. The topological polar surface area (TPSA) is 47.6 Å². The van der Waals surface area contributed by atoms with Crippen molar-refractivity contribution in [3.8, 4) is 11.5 Å². The van der Waals surface area contributed by atoms with Gasteiger partial charge in [-0.15, -0.1) is 0 Å². The van der Waals surface area contributed by atoms with Gasteiger partial charge >= 0.3 is 0 Å². The molecule has 1 N–H and O–H groups in total. The van der Waals surface area contributed by atoms with E-state index in [1.165, 1.54) is 6.07 Å². The van der Waals surface area contributed by atoms with Crippen LogP contribution in [0.15, 0.2) is 72.8 Å². The number of aryl methyl sites for hydroxylation is 1. The minimum absolute atomic E-state index is 0.147. The number of nitrogens with one attached hydrogen (secondary N) is 1. The summed E-state index contributed by atoms with van der Waals surface area (Å²) in [7, 11) is 0. The van der Waals surface area contributed by atoms with Gasteiger partial charge in [0.05, 0.1) is 5.69 Å². The van der Waals surface area contributed by atoms with Crippen LogP contribution >= 0.6 is 0 Å². The minimum atomic E-state index is -0.478. The zero-order valence-corrected chi connectivity index (χ0v) is 14.9. The van der Waals surface area contributed by atoms with Gasteiger partial charge in [0.15, 0.2) is 6.61 Å². The molecule has 3 aromatic carbocycles. The van der Waals surface area contributed by atoms with Crippen LogP contribution in [0.4, 0.5) is 10.1 Å². The number of hydrogen-bond acceptors (Lipinski definition) is 3. The van der Waals surface area contributed by atoms with Crippen LogP contribution in [0, 0.1) is 12.7 Å². The number of amides is 1. The molecule has 0 saturated heterocycles. The Kier molecular flexibility index (Phi) is 6.05. The summed E-state index contributed by atoms with van der Waals surface area (Å²) in [6.07, 6.45) is 0. The fraction of sp³-hybridized carbons (Fsp3) is 0.136. The van der Waals surface area contributed by atoms with Crippen molar-refractivity contribution >= 4 is 11.6 Å². The highest BCUT2D eigenvalue weighted by Crippen LogP contribution is 2.19.